The maximum absolute atomic E-state index is 3.66. The molecule has 1 aliphatic rings. The van der Waals surface area contributed by atoms with Crippen LogP contribution in [0.15, 0.2) is 30.3 Å². The fourth-order valence-electron chi connectivity index (χ4n) is 2.89. The van der Waals surface area contributed by atoms with E-state index in [1.165, 1.54) is 24.8 Å². The molecule has 94 valence electrons. The van der Waals surface area contributed by atoms with Crippen molar-refractivity contribution in [3.8, 4) is 0 Å². The Morgan fingerprint density at radius 3 is 2.35 bits per heavy atom. The van der Waals surface area contributed by atoms with Crippen molar-refractivity contribution in [3.63, 3.8) is 0 Å². The van der Waals surface area contributed by atoms with Crippen molar-refractivity contribution in [2.24, 2.45) is 5.92 Å². The highest BCUT2D eigenvalue weighted by Gasteiger charge is 2.44. The molecule has 1 atom stereocenters. The van der Waals surface area contributed by atoms with Gasteiger partial charge in [0, 0.05) is 18.0 Å². The fraction of sp³-hybridized carbons (Fsp3) is 0.625. The van der Waals surface area contributed by atoms with Crippen molar-refractivity contribution < 1.29 is 0 Å². The number of hydrogen-bond acceptors (Lipinski definition) is 1. The van der Waals surface area contributed by atoms with Crippen LogP contribution in [0, 0.1) is 5.92 Å². The van der Waals surface area contributed by atoms with E-state index in [0.29, 0.717) is 11.5 Å². The van der Waals surface area contributed by atoms with E-state index in [2.05, 4.69) is 56.4 Å². The number of benzene rings is 1. The van der Waals surface area contributed by atoms with Gasteiger partial charge in [-0.3, -0.25) is 0 Å². The molecule has 0 heterocycles. The molecular weight excluding hydrogens is 206 g/mol. The highest BCUT2D eigenvalue weighted by Crippen LogP contribution is 2.49. The van der Waals surface area contributed by atoms with Crippen molar-refractivity contribution in [1.29, 1.82) is 0 Å². The van der Waals surface area contributed by atoms with Crippen LogP contribution in [0.4, 0.5) is 0 Å². The minimum absolute atomic E-state index is 0.367. The second-order valence-electron chi connectivity index (χ2n) is 5.69. The fourth-order valence-corrected chi connectivity index (χ4v) is 2.89. The summed E-state index contributed by atoms with van der Waals surface area (Å²) < 4.78 is 0. The third-order valence-corrected chi connectivity index (χ3v) is 4.16. The SMILES string of the molecule is CCC(CNC(C)C)(c1ccccc1)C1CC1. The zero-order valence-electron chi connectivity index (χ0n) is 11.4. The summed E-state index contributed by atoms with van der Waals surface area (Å²) in [5.41, 5.74) is 1.89. The van der Waals surface area contributed by atoms with Crippen LogP contribution in [0.2, 0.25) is 0 Å². The zero-order valence-corrected chi connectivity index (χ0v) is 11.4. The molecular formula is C16H25N. The Kier molecular flexibility index (Phi) is 3.88. The molecule has 0 amide bonds. The Balaban J connectivity index is 2.22. The molecule has 1 nitrogen and oxygen atoms in total. The van der Waals surface area contributed by atoms with Gasteiger partial charge in [0.1, 0.15) is 0 Å². The molecule has 1 N–H and O–H groups in total. The first-order chi connectivity index (χ1) is 8.19. The monoisotopic (exact) mass is 231 g/mol. The highest BCUT2D eigenvalue weighted by molar-refractivity contribution is 5.29. The summed E-state index contributed by atoms with van der Waals surface area (Å²) in [5, 5.41) is 3.66. The van der Waals surface area contributed by atoms with E-state index in [9.17, 15) is 0 Å². The summed E-state index contributed by atoms with van der Waals surface area (Å²) in [6, 6.07) is 11.7. The number of hydrogen-bond donors (Lipinski definition) is 1. The van der Waals surface area contributed by atoms with Crippen LogP contribution in [0.3, 0.4) is 0 Å². The lowest BCUT2D eigenvalue weighted by Crippen LogP contribution is -2.42. The second kappa shape index (κ2) is 5.22. The third kappa shape index (κ3) is 2.71. The molecule has 1 aromatic rings. The van der Waals surface area contributed by atoms with Crippen LogP contribution in [0.1, 0.15) is 45.6 Å². The minimum Gasteiger partial charge on any atom is -0.314 e. The first-order valence-electron chi connectivity index (χ1n) is 6.98. The Bertz CT molecular complexity index is 340. The van der Waals surface area contributed by atoms with Gasteiger partial charge in [0.2, 0.25) is 0 Å². The summed E-state index contributed by atoms with van der Waals surface area (Å²) in [5.74, 6) is 0.890. The van der Waals surface area contributed by atoms with E-state index in [-0.39, 0.29) is 0 Å². The van der Waals surface area contributed by atoms with E-state index in [0.717, 1.165) is 12.5 Å². The van der Waals surface area contributed by atoms with Gasteiger partial charge in [-0.1, -0.05) is 51.1 Å². The lowest BCUT2D eigenvalue weighted by molar-refractivity contribution is 0.323. The first kappa shape index (κ1) is 12.6. The molecule has 1 unspecified atom stereocenters. The number of rotatable bonds is 6. The van der Waals surface area contributed by atoms with E-state index >= 15 is 0 Å². The normalized spacial score (nSPS) is 19.3. The lowest BCUT2D eigenvalue weighted by Gasteiger charge is -2.35. The molecule has 1 aliphatic carbocycles. The van der Waals surface area contributed by atoms with Gasteiger partial charge < -0.3 is 5.32 Å². The zero-order chi connectivity index (χ0) is 12.3. The molecule has 2 rings (SSSR count). The Morgan fingerprint density at radius 2 is 1.88 bits per heavy atom. The summed E-state index contributed by atoms with van der Waals surface area (Å²) in [7, 11) is 0. The average molecular weight is 231 g/mol. The van der Waals surface area contributed by atoms with E-state index in [1.807, 2.05) is 0 Å². The van der Waals surface area contributed by atoms with Crippen molar-refractivity contribution in [2.75, 3.05) is 6.54 Å². The van der Waals surface area contributed by atoms with Crippen LogP contribution < -0.4 is 5.32 Å². The molecule has 0 bridgehead atoms. The van der Waals surface area contributed by atoms with Gasteiger partial charge in [-0.05, 0) is 30.7 Å². The topological polar surface area (TPSA) is 12.0 Å². The smallest absolute Gasteiger partial charge is 0.0103 e. The summed E-state index contributed by atoms with van der Waals surface area (Å²) in [6.07, 6.45) is 4.05. The van der Waals surface area contributed by atoms with Crippen molar-refractivity contribution >= 4 is 0 Å². The minimum atomic E-state index is 0.367. The third-order valence-electron chi connectivity index (χ3n) is 4.16. The summed E-state index contributed by atoms with van der Waals surface area (Å²) in [6.45, 7) is 7.93. The maximum atomic E-state index is 3.66. The van der Waals surface area contributed by atoms with Gasteiger partial charge >= 0.3 is 0 Å². The molecule has 0 radical (unpaired) electrons. The van der Waals surface area contributed by atoms with Gasteiger partial charge in [0.25, 0.3) is 0 Å². The van der Waals surface area contributed by atoms with Gasteiger partial charge in [-0.15, -0.1) is 0 Å². The second-order valence-corrected chi connectivity index (χ2v) is 5.69. The molecule has 17 heavy (non-hydrogen) atoms. The van der Waals surface area contributed by atoms with Gasteiger partial charge in [-0.2, -0.15) is 0 Å². The summed E-state index contributed by atoms with van der Waals surface area (Å²) in [4.78, 5) is 0. The molecule has 1 heteroatoms. The van der Waals surface area contributed by atoms with Gasteiger partial charge in [0.15, 0.2) is 0 Å². The largest absolute Gasteiger partial charge is 0.314 e. The molecule has 0 spiro atoms. The van der Waals surface area contributed by atoms with Crippen LogP contribution >= 0.6 is 0 Å². The van der Waals surface area contributed by atoms with Crippen molar-refractivity contribution in [3.05, 3.63) is 35.9 Å². The van der Waals surface area contributed by atoms with E-state index < -0.39 is 0 Å². The van der Waals surface area contributed by atoms with E-state index in [1.54, 1.807) is 0 Å². The summed E-state index contributed by atoms with van der Waals surface area (Å²) >= 11 is 0. The van der Waals surface area contributed by atoms with Crippen molar-refractivity contribution in [1.82, 2.24) is 5.32 Å². The van der Waals surface area contributed by atoms with Crippen LogP contribution in [-0.2, 0) is 5.41 Å². The molecule has 1 saturated carbocycles. The molecule has 1 aromatic carbocycles. The number of nitrogens with one attached hydrogen (secondary N) is 1. The van der Waals surface area contributed by atoms with E-state index in [4.69, 9.17) is 0 Å². The molecule has 0 aromatic heterocycles. The Labute approximate surface area is 106 Å². The lowest BCUT2D eigenvalue weighted by atomic mass is 9.73. The Hall–Kier alpha value is -0.820. The van der Waals surface area contributed by atoms with Crippen molar-refractivity contribution in [2.45, 2.75) is 51.5 Å². The first-order valence-corrected chi connectivity index (χ1v) is 6.98. The Morgan fingerprint density at radius 1 is 1.24 bits per heavy atom. The van der Waals surface area contributed by atoms with Gasteiger partial charge in [0.05, 0.1) is 0 Å². The molecule has 1 fully saturated rings. The molecule has 0 saturated heterocycles. The highest BCUT2D eigenvalue weighted by atomic mass is 14.9. The van der Waals surface area contributed by atoms with Crippen LogP contribution in [-0.4, -0.2) is 12.6 Å². The molecule has 0 aliphatic heterocycles. The maximum Gasteiger partial charge on any atom is 0.0103 e. The quantitative estimate of drug-likeness (QED) is 0.786. The average Bonchev–Trinajstić information content (AvgIpc) is 3.16. The predicted molar refractivity (Wildman–Crippen MR) is 74.3 cm³/mol. The van der Waals surface area contributed by atoms with Crippen LogP contribution in [0.25, 0.3) is 0 Å². The van der Waals surface area contributed by atoms with Gasteiger partial charge in [-0.25, -0.2) is 0 Å². The van der Waals surface area contributed by atoms with Crippen LogP contribution in [0.5, 0.6) is 0 Å². The predicted octanol–water partition coefficient (Wildman–Crippen LogP) is 3.74. The standard InChI is InChI=1S/C16H25N/c1-4-16(15-10-11-15,12-17-13(2)3)14-8-6-5-7-9-14/h5-9,13,15,17H,4,10-12H2,1-3H3.